The van der Waals surface area contributed by atoms with Crippen molar-refractivity contribution < 1.29 is 13.5 Å². The normalized spacial score (nSPS) is 13.3. The molecule has 102 valence electrons. The number of nitrogens with one attached hydrogen (secondary N) is 2. The van der Waals surface area contributed by atoms with Gasteiger partial charge in [-0.15, -0.1) is 0 Å². The number of benzene rings is 1. The summed E-state index contributed by atoms with van der Waals surface area (Å²) in [5.41, 5.74) is 0.562. The van der Waals surface area contributed by atoms with Crippen molar-refractivity contribution in [3.63, 3.8) is 0 Å². The van der Waals surface area contributed by atoms with Gasteiger partial charge in [0.2, 0.25) is 10.0 Å². The predicted molar refractivity (Wildman–Crippen MR) is 72.1 cm³/mol. The standard InChI is InChI=1S/C12H20N2O3S/c1-3-10(8-9-15)14-11-6-4-5-7-12(11)18(16,17)13-2/h4-7,10,13-15H,3,8-9H2,1-2H3. The average Bonchev–Trinajstić information content (AvgIpc) is 2.38. The summed E-state index contributed by atoms with van der Waals surface area (Å²) in [6.07, 6.45) is 1.40. The molecule has 0 saturated carbocycles. The SMILES string of the molecule is CCC(CCO)Nc1ccccc1S(=O)(=O)NC. The Kier molecular flexibility index (Phi) is 5.58. The molecule has 1 aromatic carbocycles. The van der Waals surface area contributed by atoms with Crippen molar-refractivity contribution in [3.05, 3.63) is 24.3 Å². The summed E-state index contributed by atoms with van der Waals surface area (Å²) in [5, 5.41) is 12.1. The third-order valence-electron chi connectivity index (χ3n) is 2.78. The third-order valence-corrected chi connectivity index (χ3v) is 4.25. The first-order chi connectivity index (χ1) is 8.55. The van der Waals surface area contributed by atoms with E-state index in [4.69, 9.17) is 5.11 Å². The molecule has 0 aliphatic carbocycles. The molecule has 1 aromatic rings. The van der Waals surface area contributed by atoms with E-state index in [1.54, 1.807) is 24.3 Å². The van der Waals surface area contributed by atoms with Gasteiger partial charge in [-0.1, -0.05) is 19.1 Å². The maximum Gasteiger partial charge on any atom is 0.242 e. The van der Waals surface area contributed by atoms with Gasteiger partial charge in [-0.25, -0.2) is 13.1 Å². The van der Waals surface area contributed by atoms with Crippen molar-refractivity contribution in [2.45, 2.75) is 30.7 Å². The van der Waals surface area contributed by atoms with Gasteiger partial charge in [-0.05, 0) is 32.0 Å². The summed E-state index contributed by atoms with van der Waals surface area (Å²) in [7, 11) is -2.09. The molecule has 18 heavy (non-hydrogen) atoms. The lowest BCUT2D eigenvalue weighted by atomic mass is 10.1. The van der Waals surface area contributed by atoms with Crippen molar-refractivity contribution in [2.24, 2.45) is 0 Å². The molecule has 0 aliphatic heterocycles. The summed E-state index contributed by atoms with van der Waals surface area (Å²) >= 11 is 0. The Labute approximate surface area is 108 Å². The molecule has 0 aliphatic rings. The van der Waals surface area contributed by atoms with E-state index in [1.165, 1.54) is 7.05 Å². The van der Waals surface area contributed by atoms with Gasteiger partial charge in [0.05, 0.1) is 5.69 Å². The highest BCUT2D eigenvalue weighted by molar-refractivity contribution is 7.89. The monoisotopic (exact) mass is 272 g/mol. The minimum absolute atomic E-state index is 0.0585. The van der Waals surface area contributed by atoms with Crippen LogP contribution in [0.25, 0.3) is 0 Å². The lowest BCUT2D eigenvalue weighted by Crippen LogP contribution is -2.24. The Morgan fingerprint density at radius 3 is 2.56 bits per heavy atom. The minimum Gasteiger partial charge on any atom is -0.396 e. The fraction of sp³-hybridized carbons (Fsp3) is 0.500. The van der Waals surface area contributed by atoms with Gasteiger partial charge in [0.25, 0.3) is 0 Å². The van der Waals surface area contributed by atoms with Crippen molar-refractivity contribution in [1.82, 2.24) is 4.72 Å². The second-order valence-corrected chi connectivity index (χ2v) is 5.82. The molecule has 1 rings (SSSR count). The number of aliphatic hydroxyl groups is 1. The van der Waals surface area contributed by atoms with Crippen LogP contribution in [0.2, 0.25) is 0 Å². The van der Waals surface area contributed by atoms with Gasteiger partial charge >= 0.3 is 0 Å². The lowest BCUT2D eigenvalue weighted by molar-refractivity contribution is 0.278. The Morgan fingerprint density at radius 2 is 2.00 bits per heavy atom. The Bertz CT molecular complexity index is 474. The quantitative estimate of drug-likeness (QED) is 0.696. The zero-order valence-corrected chi connectivity index (χ0v) is 11.5. The van der Waals surface area contributed by atoms with E-state index in [0.29, 0.717) is 12.1 Å². The molecule has 0 aromatic heterocycles. The Hall–Kier alpha value is -1.11. The fourth-order valence-corrected chi connectivity index (χ4v) is 2.58. The van der Waals surface area contributed by atoms with Crippen molar-refractivity contribution in [2.75, 3.05) is 19.0 Å². The van der Waals surface area contributed by atoms with Crippen LogP contribution >= 0.6 is 0 Å². The molecule has 0 spiro atoms. The van der Waals surface area contributed by atoms with E-state index in [2.05, 4.69) is 10.0 Å². The van der Waals surface area contributed by atoms with Crippen LogP contribution in [-0.2, 0) is 10.0 Å². The maximum absolute atomic E-state index is 11.8. The molecule has 3 N–H and O–H groups in total. The van der Waals surface area contributed by atoms with Crippen LogP contribution < -0.4 is 10.0 Å². The molecule has 1 atom stereocenters. The van der Waals surface area contributed by atoms with Crippen LogP contribution in [0, 0.1) is 0 Å². The van der Waals surface area contributed by atoms with Gasteiger partial charge in [-0.2, -0.15) is 0 Å². The first kappa shape index (κ1) is 14.9. The second kappa shape index (κ2) is 6.72. The second-order valence-electron chi connectivity index (χ2n) is 3.97. The molecule has 0 saturated heterocycles. The first-order valence-corrected chi connectivity index (χ1v) is 7.43. The van der Waals surface area contributed by atoms with E-state index in [1.807, 2.05) is 6.92 Å². The average molecular weight is 272 g/mol. The fourth-order valence-electron chi connectivity index (χ4n) is 1.68. The summed E-state index contributed by atoms with van der Waals surface area (Å²) < 4.78 is 26.0. The number of sulfonamides is 1. The molecular formula is C12H20N2O3S. The van der Waals surface area contributed by atoms with Crippen LogP contribution in [0.4, 0.5) is 5.69 Å². The number of para-hydroxylation sites is 1. The molecule has 6 heteroatoms. The number of rotatable bonds is 7. The smallest absolute Gasteiger partial charge is 0.242 e. The van der Waals surface area contributed by atoms with Crippen LogP contribution in [-0.4, -0.2) is 33.2 Å². The van der Waals surface area contributed by atoms with E-state index < -0.39 is 10.0 Å². The predicted octanol–water partition coefficient (Wildman–Crippen LogP) is 1.17. The van der Waals surface area contributed by atoms with Crippen molar-refractivity contribution >= 4 is 15.7 Å². The van der Waals surface area contributed by atoms with E-state index >= 15 is 0 Å². The van der Waals surface area contributed by atoms with Crippen molar-refractivity contribution in [1.29, 1.82) is 0 Å². The van der Waals surface area contributed by atoms with Crippen LogP contribution in [0.15, 0.2) is 29.2 Å². The van der Waals surface area contributed by atoms with Gasteiger partial charge in [0.1, 0.15) is 4.90 Å². The number of aliphatic hydroxyl groups excluding tert-OH is 1. The molecule has 0 bridgehead atoms. The summed E-state index contributed by atoms with van der Waals surface area (Å²) in [5.74, 6) is 0. The highest BCUT2D eigenvalue weighted by Gasteiger charge is 2.17. The van der Waals surface area contributed by atoms with Gasteiger partial charge in [-0.3, -0.25) is 0 Å². The molecule has 0 radical (unpaired) electrons. The Balaban J connectivity index is 3.03. The summed E-state index contributed by atoms with van der Waals surface area (Å²) in [4.78, 5) is 0.226. The summed E-state index contributed by atoms with van der Waals surface area (Å²) in [6.45, 7) is 2.06. The molecular weight excluding hydrogens is 252 g/mol. The highest BCUT2D eigenvalue weighted by Crippen LogP contribution is 2.22. The van der Waals surface area contributed by atoms with Gasteiger partial charge in [0, 0.05) is 12.6 Å². The molecule has 0 heterocycles. The first-order valence-electron chi connectivity index (χ1n) is 5.95. The van der Waals surface area contributed by atoms with E-state index in [-0.39, 0.29) is 17.5 Å². The van der Waals surface area contributed by atoms with Crippen molar-refractivity contribution in [3.8, 4) is 0 Å². The third kappa shape index (κ3) is 3.69. The van der Waals surface area contributed by atoms with E-state index in [9.17, 15) is 8.42 Å². The molecule has 5 nitrogen and oxygen atoms in total. The number of anilines is 1. The highest BCUT2D eigenvalue weighted by atomic mass is 32.2. The molecule has 0 fully saturated rings. The Morgan fingerprint density at radius 1 is 1.33 bits per heavy atom. The molecule has 1 unspecified atom stereocenters. The largest absolute Gasteiger partial charge is 0.396 e. The van der Waals surface area contributed by atoms with Crippen LogP contribution in [0.1, 0.15) is 19.8 Å². The minimum atomic E-state index is -3.47. The van der Waals surface area contributed by atoms with E-state index in [0.717, 1.165) is 6.42 Å². The maximum atomic E-state index is 11.8. The van der Waals surface area contributed by atoms with Crippen LogP contribution in [0.5, 0.6) is 0 Å². The number of hydrogen-bond donors (Lipinski definition) is 3. The molecule has 0 amide bonds. The van der Waals surface area contributed by atoms with Gasteiger partial charge < -0.3 is 10.4 Å². The number of hydrogen-bond acceptors (Lipinski definition) is 4. The van der Waals surface area contributed by atoms with Crippen LogP contribution in [0.3, 0.4) is 0 Å². The topological polar surface area (TPSA) is 78.4 Å². The summed E-state index contributed by atoms with van der Waals surface area (Å²) in [6, 6.07) is 6.80. The zero-order chi connectivity index (χ0) is 13.6. The lowest BCUT2D eigenvalue weighted by Gasteiger charge is -2.19. The zero-order valence-electron chi connectivity index (χ0n) is 10.7. The van der Waals surface area contributed by atoms with Gasteiger partial charge in [0.15, 0.2) is 0 Å².